The number of nitrogens with one attached hydrogen (secondary N) is 2. The van der Waals surface area contributed by atoms with Gasteiger partial charge in [0.1, 0.15) is 5.82 Å². The fraction of sp³-hybridized carbons (Fsp3) is 0.583. The first kappa shape index (κ1) is 10.4. The van der Waals surface area contributed by atoms with Gasteiger partial charge in [0.2, 0.25) is 0 Å². The first-order valence-electron chi connectivity index (χ1n) is 5.73. The van der Waals surface area contributed by atoms with Gasteiger partial charge in [-0.1, -0.05) is 6.07 Å². The molecule has 1 aliphatic carbocycles. The van der Waals surface area contributed by atoms with E-state index in [1.807, 2.05) is 24.4 Å². The van der Waals surface area contributed by atoms with Gasteiger partial charge < -0.3 is 10.6 Å². The lowest BCUT2D eigenvalue weighted by Crippen LogP contribution is -2.35. The summed E-state index contributed by atoms with van der Waals surface area (Å²) >= 11 is 0. The van der Waals surface area contributed by atoms with E-state index in [9.17, 15) is 0 Å². The Labute approximate surface area is 91.3 Å². The number of anilines is 1. The van der Waals surface area contributed by atoms with Crippen LogP contribution in [0.25, 0.3) is 0 Å². The zero-order valence-corrected chi connectivity index (χ0v) is 9.24. The summed E-state index contributed by atoms with van der Waals surface area (Å²) in [7, 11) is 2.05. The second-order valence-corrected chi connectivity index (χ2v) is 4.20. The molecule has 0 spiro atoms. The van der Waals surface area contributed by atoms with Gasteiger partial charge in [0.05, 0.1) is 0 Å². The topological polar surface area (TPSA) is 37.0 Å². The van der Waals surface area contributed by atoms with Gasteiger partial charge in [-0.05, 0) is 44.9 Å². The third-order valence-corrected chi connectivity index (χ3v) is 3.15. The Morgan fingerprint density at radius 1 is 1.13 bits per heavy atom. The molecule has 82 valence electrons. The van der Waals surface area contributed by atoms with E-state index in [0.717, 1.165) is 5.82 Å². The molecule has 1 saturated carbocycles. The van der Waals surface area contributed by atoms with Gasteiger partial charge in [0.25, 0.3) is 0 Å². The molecule has 1 heterocycles. The number of aromatic nitrogens is 1. The first-order chi connectivity index (χ1) is 7.38. The van der Waals surface area contributed by atoms with E-state index in [1.165, 1.54) is 25.7 Å². The molecule has 0 atom stereocenters. The van der Waals surface area contributed by atoms with Crippen LogP contribution in [-0.4, -0.2) is 24.1 Å². The van der Waals surface area contributed by atoms with E-state index < -0.39 is 0 Å². The number of pyridine rings is 1. The van der Waals surface area contributed by atoms with Gasteiger partial charge in [-0.25, -0.2) is 4.98 Å². The third-order valence-electron chi connectivity index (χ3n) is 3.15. The Hall–Kier alpha value is -1.09. The van der Waals surface area contributed by atoms with Crippen LogP contribution in [0.1, 0.15) is 25.7 Å². The van der Waals surface area contributed by atoms with Crippen molar-refractivity contribution in [2.75, 3.05) is 12.4 Å². The molecule has 0 bridgehead atoms. The van der Waals surface area contributed by atoms with Crippen LogP contribution in [0.4, 0.5) is 5.82 Å². The molecule has 0 aromatic carbocycles. The van der Waals surface area contributed by atoms with Crippen molar-refractivity contribution in [1.29, 1.82) is 0 Å². The second kappa shape index (κ2) is 5.12. The fourth-order valence-electron chi connectivity index (χ4n) is 2.18. The van der Waals surface area contributed by atoms with Crippen molar-refractivity contribution in [2.45, 2.75) is 37.8 Å². The number of hydrogen-bond acceptors (Lipinski definition) is 3. The van der Waals surface area contributed by atoms with Crippen LogP contribution in [0.2, 0.25) is 0 Å². The maximum absolute atomic E-state index is 4.29. The summed E-state index contributed by atoms with van der Waals surface area (Å²) in [5, 5.41) is 6.83. The molecule has 1 aliphatic rings. The van der Waals surface area contributed by atoms with Gasteiger partial charge in [0.15, 0.2) is 0 Å². The molecule has 1 aromatic rings. The summed E-state index contributed by atoms with van der Waals surface area (Å²) in [6.07, 6.45) is 6.84. The summed E-state index contributed by atoms with van der Waals surface area (Å²) in [6.45, 7) is 0. The number of nitrogens with zero attached hydrogens (tertiary/aromatic N) is 1. The zero-order chi connectivity index (χ0) is 10.5. The van der Waals surface area contributed by atoms with Crippen LogP contribution in [0.3, 0.4) is 0 Å². The first-order valence-corrected chi connectivity index (χ1v) is 5.73. The average Bonchev–Trinajstić information content (AvgIpc) is 2.31. The van der Waals surface area contributed by atoms with Crippen LogP contribution in [0.5, 0.6) is 0 Å². The van der Waals surface area contributed by atoms with E-state index in [0.29, 0.717) is 12.1 Å². The van der Waals surface area contributed by atoms with Gasteiger partial charge in [0, 0.05) is 18.3 Å². The molecule has 3 heteroatoms. The lowest BCUT2D eigenvalue weighted by Gasteiger charge is -2.29. The minimum absolute atomic E-state index is 0.601. The molecule has 15 heavy (non-hydrogen) atoms. The van der Waals surface area contributed by atoms with E-state index >= 15 is 0 Å². The van der Waals surface area contributed by atoms with E-state index in [1.54, 1.807) is 0 Å². The SMILES string of the molecule is CNC1CCC(Nc2ccccn2)CC1. The number of hydrogen-bond donors (Lipinski definition) is 2. The summed E-state index contributed by atoms with van der Waals surface area (Å²) in [5.41, 5.74) is 0. The Bertz CT molecular complexity index is 278. The summed E-state index contributed by atoms with van der Waals surface area (Å²) < 4.78 is 0. The van der Waals surface area contributed by atoms with Crippen LogP contribution >= 0.6 is 0 Å². The average molecular weight is 205 g/mol. The molecule has 0 unspecified atom stereocenters. The highest BCUT2D eigenvalue weighted by atomic mass is 15.0. The lowest BCUT2D eigenvalue weighted by molar-refractivity contribution is 0.371. The van der Waals surface area contributed by atoms with Crippen molar-refractivity contribution in [1.82, 2.24) is 10.3 Å². The predicted octanol–water partition coefficient (Wildman–Crippen LogP) is 2.02. The van der Waals surface area contributed by atoms with Crippen molar-refractivity contribution in [3.8, 4) is 0 Å². The van der Waals surface area contributed by atoms with Crippen LogP contribution in [0.15, 0.2) is 24.4 Å². The summed E-state index contributed by atoms with van der Waals surface area (Å²) in [5.74, 6) is 1.01. The van der Waals surface area contributed by atoms with Crippen molar-refractivity contribution in [3.63, 3.8) is 0 Å². The van der Waals surface area contributed by atoms with Gasteiger partial charge in [-0.15, -0.1) is 0 Å². The second-order valence-electron chi connectivity index (χ2n) is 4.20. The summed E-state index contributed by atoms with van der Waals surface area (Å²) in [6, 6.07) is 7.32. The molecule has 2 rings (SSSR count). The maximum atomic E-state index is 4.29. The van der Waals surface area contributed by atoms with Crippen molar-refractivity contribution in [3.05, 3.63) is 24.4 Å². The molecule has 0 radical (unpaired) electrons. The largest absolute Gasteiger partial charge is 0.367 e. The van der Waals surface area contributed by atoms with Gasteiger partial charge >= 0.3 is 0 Å². The normalized spacial score (nSPS) is 26.2. The molecule has 1 fully saturated rings. The smallest absolute Gasteiger partial charge is 0.126 e. The Morgan fingerprint density at radius 2 is 1.87 bits per heavy atom. The minimum Gasteiger partial charge on any atom is -0.367 e. The fourth-order valence-corrected chi connectivity index (χ4v) is 2.18. The molecule has 2 N–H and O–H groups in total. The Balaban J connectivity index is 1.82. The highest BCUT2D eigenvalue weighted by molar-refractivity contribution is 5.34. The third kappa shape index (κ3) is 2.93. The number of rotatable bonds is 3. The van der Waals surface area contributed by atoms with Crippen molar-refractivity contribution >= 4 is 5.82 Å². The van der Waals surface area contributed by atoms with Gasteiger partial charge in [-0.2, -0.15) is 0 Å². The molecule has 3 nitrogen and oxygen atoms in total. The van der Waals surface area contributed by atoms with Crippen LogP contribution in [-0.2, 0) is 0 Å². The Morgan fingerprint density at radius 3 is 2.47 bits per heavy atom. The molecular weight excluding hydrogens is 186 g/mol. The molecule has 0 saturated heterocycles. The quantitative estimate of drug-likeness (QED) is 0.792. The molecule has 0 amide bonds. The zero-order valence-electron chi connectivity index (χ0n) is 9.24. The summed E-state index contributed by atoms with van der Waals surface area (Å²) in [4.78, 5) is 4.29. The van der Waals surface area contributed by atoms with E-state index in [2.05, 4.69) is 22.7 Å². The molecular formula is C12H19N3. The molecule has 0 aliphatic heterocycles. The highest BCUT2D eigenvalue weighted by Crippen LogP contribution is 2.20. The van der Waals surface area contributed by atoms with Crippen LogP contribution in [0, 0.1) is 0 Å². The molecule has 1 aromatic heterocycles. The van der Waals surface area contributed by atoms with E-state index in [-0.39, 0.29) is 0 Å². The lowest BCUT2D eigenvalue weighted by atomic mass is 9.91. The maximum Gasteiger partial charge on any atom is 0.126 e. The predicted molar refractivity (Wildman–Crippen MR) is 63.0 cm³/mol. The standard InChI is InChI=1S/C12H19N3/c1-13-10-5-7-11(8-6-10)15-12-4-2-3-9-14-12/h2-4,9-11,13H,5-8H2,1H3,(H,14,15). The Kier molecular flexibility index (Phi) is 3.56. The monoisotopic (exact) mass is 205 g/mol. The van der Waals surface area contributed by atoms with Crippen LogP contribution < -0.4 is 10.6 Å². The van der Waals surface area contributed by atoms with Crippen molar-refractivity contribution in [2.24, 2.45) is 0 Å². The minimum atomic E-state index is 0.601. The van der Waals surface area contributed by atoms with Crippen molar-refractivity contribution < 1.29 is 0 Å². The van der Waals surface area contributed by atoms with E-state index in [4.69, 9.17) is 0 Å². The highest BCUT2D eigenvalue weighted by Gasteiger charge is 2.19. The van der Waals surface area contributed by atoms with Gasteiger partial charge in [-0.3, -0.25) is 0 Å².